The summed E-state index contributed by atoms with van der Waals surface area (Å²) < 4.78 is 32.3. The van der Waals surface area contributed by atoms with Gasteiger partial charge in [-0.05, 0) is 12.8 Å². The van der Waals surface area contributed by atoms with E-state index in [4.69, 9.17) is 33.5 Å². The maximum absolute atomic E-state index is 8.78. The van der Waals surface area contributed by atoms with E-state index in [-0.39, 0.29) is 0 Å². The van der Waals surface area contributed by atoms with Gasteiger partial charge in [0.05, 0.1) is 66.1 Å². The molecule has 0 aliphatic heterocycles. The van der Waals surface area contributed by atoms with E-state index in [1.807, 2.05) is 0 Å². The first-order valence-electron chi connectivity index (χ1n) is 16.9. The highest BCUT2D eigenvalue weighted by atomic mass is 16.6. The van der Waals surface area contributed by atoms with E-state index in [0.717, 1.165) is 19.4 Å². The lowest BCUT2D eigenvalue weighted by molar-refractivity contribution is -0.0148. The summed E-state index contributed by atoms with van der Waals surface area (Å²) in [6, 6.07) is 0. The van der Waals surface area contributed by atoms with Gasteiger partial charge in [0.2, 0.25) is 0 Å². The molecule has 0 rings (SSSR count). The van der Waals surface area contributed by atoms with Gasteiger partial charge in [-0.1, -0.05) is 116 Å². The quantitative estimate of drug-likeness (QED) is 0.0767. The van der Waals surface area contributed by atoms with Crippen LogP contribution in [0.15, 0.2) is 0 Å². The zero-order valence-electron chi connectivity index (χ0n) is 26.5. The van der Waals surface area contributed by atoms with Crippen LogP contribution in [0.4, 0.5) is 0 Å². The fourth-order valence-corrected chi connectivity index (χ4v) is 4.62. The van der Waals surface area contributed by atoms with E-state index < -0.39 is 0 Å². The molecule has 40 heavy (non-hydrogen) atoms. The van der Waals surface area contributed by atoms with Crippen molar-refractivity contribution in [1.82, 2.24) is 0 Å². The summed E-state index contributed by atoms with van der Waals surface area (Å²) >= 11 is 0. The molecule has 0 unspecified atom stereocenters. The molecule has 0 amide bonds. The van der Waals surface area contributed by atoms with Crippen LogP contribution in [0.1, 0.15) is 128 Å². The normalized spacial score (nSPS) is 11.6. The standard InChI is InChI=1S/C33H68O7/c1-35-24-25-37-28-29-39-32-33-40-31-30-38-27-26-36-23-21-19-17-15-13-11-9-7-5-3-2-4-6-8-10-12-14-16-18-20-22-34/h34H,2-33H2,1H3. The second kappa shape index (κ2) is 38.7. The van der Waals surface area contributed by atoms with Gasteiger partial charge in [-0.15, -0.1) is 0 Å². The molecule has 0 fully saturated rings. The molecule has 0 aromatic heterocycles. The Morgan fingerprint density at radius 2 is 0.500 bits per heavy atom. The van der Waals surface area contributed by atoms with E-state index in [0.29, 0.717) is 72.7 Å². The maximum Gasteiger partial charge on any atom is 0.0701 e. The number of aliphatic hydroxyl groups is 1. The summed E-state index contributed by atoms with van der Waals surface area (Å²) in [5.74, 6) is 0. The van der Waals surface area contributed by atoms with Crippen molar-refractivity contribution in [2.24, 2.45) is 0 Å². The Kier molecular flexibility index (Phi) is 38.4. The lowest BCUT2D eigenvalue weighted by Crippen LogP contribution is -2.14. The molecule has 7 nitrogen and oxygen atoms in total. The van der Waals surface area contributed by atoms with Gasteiger partial charge in [-0.3, -0.25) is 0 Å². The Morgan fingerprint density at radius 1 is 0.275 bits per heavy atom. The highest BCUT2D eigenvalue weighted by molar-refractivity contribution is 4.51. The Labute approximate surface area is 248 Å². The number of hydrogen-bond acceptors (Lipinski definition) is 7. The smallest absolute Gasteiger partial charge is 0.0701 e. The predicted molar refractivity (Wildman–Crippen MR) is 165 cm³/mol. The molecule has 0 aromatic rings. The van der Waals surface area contributed by atoms with Crippen molar-refractivity contribution < 1.29 is 33.5 Å². The highest BCUT2D eigenvalue weighted by Gasteiger charge is 1.97. The molecule has 0 spiro atoms. The van der Waals surface area contributed by atoms with Gasteiger partial charge in [0.1, 0.15) is 0 Å². The van der Waals surface area contributed by atoms with Gasteiger partial charge in [0.25, 0.3) is 0 Å². The molecule has 0 heterocycles. The van der Waals surface area contributed by atoms with Crippen LogP contribution in [0.2, 0.25) is 0 Å². The molecule has 242 valence electrons. The minimum Gasteiger partial charge on any atom is -0.396 e. The molecule has 0 aliphatic rings. The van der Waals surface area contributed by atoms with Gasteiger partial charge in [-0.25, -0.2) is 0 Å². The summed E-state index contributed by atoms with van der Waals surface area (Å²) in [5.41, 5.74) is 0. The molecule has 0 saturated carbocycles. The Hall–Kier alpha value is -0.280. The Bertz CT molecular complexity index is 388. The lowest BCUT2D eigenvalue weighted by atomic mass is 10.0. The zero-order chi connectivity index (χ0) is 28.9. The second-order valence-electron chi connectivity index (χ2n) is 10.8. The minimum absolute atomic E-state index is 0.361. The largest absolute Gasteiger partial charge is 0.396 e. The van der Waals surface area contributed by atoms with Crippen LogP contribution < -0.4 is 0 Å². The van der Waals surface area contributed by atoms with Crippen molar-refractivity contribution >= 4 is 0 Å². The number of ether oxygens (including phenoxy) is 6. The fourth-order valence-electron chi connectivity index (χ4n) is 4.62. The lowest BCUT2D eigenvalue weighted by Gasteiger charge is -2.08. The monoisotopic (exact) mass is 576 g/mol. The van der Waals surface area contributed by atoms with Crippen LogP contribution in [-0.2, 0) is 28.4 Å². The summed E-state index contributed by atoms with van der Waals surface area (Å²) in [4.78, 5) is 0. The molecular weight excluding hydrogens is 508 g/mol. The summed E-state index contributed by atoms with van der Waals surface area (Å²) in [6.45, 7) is 7.22. The first kappa shape index (κ1) is 39.7. The molecule has 0 atom stereocenters. The van der Waals surface area contributed by atoms with Gasteiger partial charge >= 0.3 is 0 Å². The number of unbranched alkanes of at least 4 members (excludes halogenated alkanes) is 19. The van der Waals surface area contributed by atoms with E-state index in [1.165, 1.54) is 116 Å². The van der Waals surface area contributed by atoms with Crippen molar-refractivity contribution in [3.63, 3.8) is 0 Å². The molecule has 0 aliphatic carbocycles. The Balaban J connectivity index is 3.01. The first-order chi connectivity index (χ1) is 19.9. The van der Waals surface area contributed by atoms with Crippen molar-refractivity contribution in [2.45, 2.75) is 128 Å². The van der Waals surface area contributed by atoms with Crippen LogP contribution in [0, 0.1) is 0 Å². The highest BCUT2D eigenvalue weighted by Crippen LogP contribution is 2.14. The zero-order valence-corrected chi connectivity index (χ0v) is 26.5. The first-order valence-corrected chi connectivity index (χ1v) is 16.9. The van der Waals surface area contributed by atoms with E-state index in [9.17, 15) is 0 Å². The van der Waals surface area contributed by atoms with Crippen molar-refractivity contribution in [3.8, 4) is 0 Å². The predicted octanol–water partition coefficient (Wildman–Crippen LogP) is 7.51. The molecule has 0 bridgehead atoms. The number of rotatable bonds is 37. The van der Waals surface area contributed by atoms with Gasteiger partial charge in [0.15, 0.2) is 0 Å². The Morgan fingerprint density at radius 3 is 0.775 bits per heavy atom. The van der Waals surface area contributed by atoms with Crippen LogP contribution in [0.5, 0.6) is 0 Å². The van der Waals surface area contributed by atoms with E-state index in [1.54, 1.807) is 7.11 Å². The summed E-state index contributed by atoms with van der Waals surface area (Å²) in [6.07, 6.45) is 27.0. The average molecular weight is 577 g/mol. The number of aliphatic hydroxyl groups excluding tert-OH is 1. The maximum atomic E-state index is 8.78. The van der Waals surface area contributed by atoms with Gasteiger partial charge < -0.3 is 33.5 Å². The minimum atomic E-state index is 0.361. The van der Waals surface area contributed by atoms with E-state index in [2.05, 4.69) is 0 Å². The number of hydrogen-bond donors (Lipinski definition) is 1. The van der Waals surface area contributed by atoms with Crippen molar-refractivity contribution in [2.75, 3.05) is 86.4 Å². The summed E-state index contributed by atoms with van der Waals surface area (Å²) in [7, 11) is 1.66. The third-order valence-corrected chi connectivity index (χ3v) is 7.12. The third-order valence-electron chi connectivity index (χ3n) is 7.12. The van der Waals surface area contributed by atoms with Crippen LogP contribution >= 0.6 is 0 Å². The average Bonchev–Trinajstić information content (AvgIpc) is 2.97. The number of methoxy groups -OCH3 is 1. The molecule has 1 N–H and O–H groups in total. The third kappa shape index (κ3) is 37.7. The van der Waals surface area contributed by atoms with Crippen molar-refractivity contribution in [3.05, 3.63) is 0 Å². The molecule has 0 radical (unpaired) electrons. The SMILES string of the molecule is COCCOCCOCCOCCOCCOCCCCCCCCCCCCCCCCCCCCCCO. The van der Waals surface area contributed by atoms with Crippen molar-refractivity contribution in [1.29, 1.82) is 0 Å². The molecule has 0 saturated heterocycles. The van der Waals surface area contributed by atoms with E-state index >= 15 is 0 Å². The fraction of sp³-hybridized carbons (Fsp3) is 1.00. The van der Waals surface area contributed by atoms with Crippen LogP contribution in [0.3, 0.4) is 0 Å². The molecule has 7 heteroatoms. The van der Waals surface area contributed by atoms with Crippen LogP contribution in [0.25, 0.3) is 0 Å². The molecular formula is C33H68O7. The second-order valence-corrected chi connectivity index (χ2v) is 10.8. The van der Waals surface area contributed by atoms with Gasteiger partial charge in [0, 0.05) is 20.3 Å². The van der Waals surface area contributed by atoms with Crippen LogP contribution in [-0.4, -0.2) is 91.5 Å². The van der Waals surface area contributed by atoms with Gasteiger partial charge in [-0.2, -0.15) is 0 Å². The topological polar surface area (TPSA) is 75.6 Å². The molecule has 0 aromatic carbocycles. The summed E-state index contributed by atoms with van der Waals surface area (Å²) in [5, 5.41) is 8.78.